The molecule has 0 bridgehead atoms. The summed E-state index contributed by atoms with van der Waals surface area (Å²) in [5.41, 5.74) is 2.47. The van der Waals surface area contributed by atoms with Gasteiger partial charge in [-0.3, -0.25) is 25.0 Å². The molecule has 1 saturated heterocycles. The van der Waals surface area contributed by atoms with Crippen molar-refractivity contribution < 1.29 is 14.4 Å². The molecule has 0 aliphatic carbocycles. The van der Waals surface area contributed by atoms with Crippen LogP contribution in [-0.4, -0.2) is 22.0 Å². The number of nitrogens with zero attached hydrogens (tertiary/aromatic N) is 1. The average Bonchev–Trinajstić information content (AvgIpc) is 3.14. The van der Waals surface area contributed by atoms with E-state index in [1.807, 2.05) is 0 Å². The van der Waals surface area contributed by atoms with Crippen LogP contribution in [0.25, 0.3) is 0 Å². The van der Waals surface area contributed by atoms with Crippen LogP contribution in [0.1, 0.15) is 22.9 Å². The number of hydrogen-bond donors (Lipinski definition) is 2. The Labute approximate surface area is 152 Å². The smallest absolute Gasteiger partial charge is 0.290 e. The fraction of sp³-hybridized carbons (Fsp3) is 0.176. The van der Waals surface area contributed by atoms with Crippen molar-refractivity contribution >= 4 is 45.3 Å². The molecule has 1 fully saturated rings. The number of carbonyl (C=O) groups excluding carboxylic acids is 3. The molecule has 128 valence electrons. The molecule has 1 aromatic carbocycles. The van der Waals surface area contributed by atoms with Gasteiger partial charge in [-0.25, -0.2) is 4.98 Å². The van der Waals surface area contributed by atoms with Crippen LogP contribution >= 0.6 is 23.1 Å². The van der Waals surface area contributed by atoms with E-state index in [-0.39, 0.29) is 4.91 Å². The number of nitrogens with one attached hydrogen (secondary N) is 2. The van der Waals surface area contributed by atoms with Gasteiger partial charge in [0.1, 0.15) is 0 Å². The molecule has 3 amide bonds. The van der Waals surface area contributed by atoms with E-state index >= 15 is 0 Å². The summed E-state index contributed by atoms with van der Waals surface area (Å²) in [5, 5.41) is 4.69. The van der Waals surface area contributed by atoms with Gasteiger partial charge in [-0.1, -0.05) is 31.2 Å². The van der Waals surface area contributed by atoms with E-state index in [9.17, 15) is 14.4 Å². The van der Waals surface area contributed by atoms with E-state index in [0.29, 0.717) is 16.9 Å². The Hall–Kier alpha value is -2.45. The molecular weight excluding hydrogens is 358 g/mol. The molecule has 0 spiro atoms. The molecule has 1 aromatic heterocycles. The number of aryl methyl sites for hydroxylation is 1. The molecule has 0 atom stereocenters. The van der Waals surface area contributed by atoms with Crippen LogP contribution in [0.4, 0.5) is 9.93 Å². The van der Waals surface area contributed by atoms with Gasteiger partial charge in [-0.15, -0.1) is 11.3 Å². The standard InChI is InChI=1S/C17H15N3O3S2/c1-2-10-3-5-11(6-4-10)7-12-9-18-16(24-12)19-14(21)8-13-15(22)20-17(23)25-13/h3-6,8-9H,2,7H2,1H3,(H,18,19,21)(H,20,22,23)/b13-8-. The van der Waals surface area contributed by atoms with E-state index in [0.717, 1.165) is 23.8 Å². The van der Waals surface area contributed by atoms with Crippen molar-refractivity contribution in [3.05, 3.63) is 57.4 Å². The normalized spacial score (nSPS) is 15.5. The van der Waals surface area contributed by atoms with Crippen LogP contribution in [0, 0.1) is 0 Å². The molecular formula is C17H15N3O3S2. The van der Waals surface area contributed by atoms with Gasteiger partial charge in [0.05, 0.1) is 4.91 Å². The first kappa shape index (κ1) is 17.4. The lowest BCUT2D eigenvalue weighted by atomic mass is 10.1. The summed E-state index contributed by atoms with van der Waals surface area (Å²) in [7, 11) is 0. The predicted octanol–water partition coefficient (Wildman–Crippen LogP) is 3.10. The van der Waals surface area contributed by atoms with Crippen molar-refractivity contribution in [2.45, 2.75) is 19.8 Å². The average molecular weight is 373 g/mol. The van der Waals surface area contributed by atoms with Gasteiger partial charge in [0.25, 0.3) is 17.1 Å². The molecule has 6 nitrogen and oxygen atoms in total. The van der Waals surface area contributed by atoms with Crippen LogP contribution in [0.3, 0.4) is 0 Å². The number of benzene rings is 1. The SMILES string of the molecule is CCc1ccc(Cc2cnc(NC(=O)/C=C3\SC(=O)NC3=O)s2)cc1. The maximum atomic E-state index is 11.9. The Morgan fingerprint density at radius 3 is 2.60 bits per heavy atom. The molecule has 8 heteroatoms. The maximum absolute atomic E-state index is 11.9. The first-order valence-electron chi connectivity index (χ1n) is 7.62. The fourth-order valence-corrected chi connectivity index (χ4v) is 3.73. The number of aromatic nitrogens is 1. The summed E-state index contributed by atoms with van der Waals surface area (Å²) in [6, 6.07) is 8.40. The van der Waals surface area contributed by atoms with E-state index < -0.39 is 17.1 Å². The first-order chi connectivity index (χ1) is 12.0. The lowest BCUT2D eigenvalue weighted by molar-refractivity contribution is -0.116. The Balaban J connectivity index is 1.61. The minimum atomic E-state index is -0.555. The van der Waals surface area contributed by atoms with Gasteiger partial charge >= 0.3 is 0 Å². The summed E-state index contributed by atoms with van der Waals surface area (Å²) in [4.78, 5) is 39.7. The summed E-state index contributed by atoms with van der Waals surface area (Å²) < 4.78 is 0. The Bertz CT molecular complexity index is 856. The molecule has 1 aliphatic heterocycles. The van der Waals surface area contributed by atoms with Crippen LogP contribution in [0.5, 0.6) is 0 Å². The molecule has 25 heavy (non-hydrogen) atoms. The minimum absolute atomic E-state index is 0.0790. The van der Waals surface area contributed by atoms with Gasteiger partial charge in [-0.2, -0.15) is 0 Å². The lowest BCUT2D eigenvalue weighted by Gasteiger charge is -2.00. The Kier molecular flexibility index (Phi) is 5.30. The number of thiazole rings is 1. The zero-order valence-electron chi connectivity index (χ0n) is 13.4. The number of imide groups is 1. The zero-order valence-corrected chi connectivity index (χ0v) is 15.0. The first-order valence-corrected chi connectivity index (χ1v) is 9.25. The minimum Gasteiger partial charge on any atom is -0.298 e. The third kappa shape index (κ3) is 4.55. The molecule has 0 unspecified atom stereocenters. The van der Waals surface area contributed by atoms with Crippen molar-refractivity contribution in [3.63, 3.8) is 0 Å². The lowest BCUT2D eigenvalue weighted by Crippen LogP contribution is -2.18. The second kappa shape index (κ2) is 7.62. The number of anilines is 1. The highest BCUT2D eigenvalue weighted by Crippen LogP contribution is 2.24. The number of thioether (sulfide) groups is 1. The topological polar surface area (TPSA) is 88.2 Å². The van der Waals surface area contributed by atoms with E-state index in [1.54, 1.807) is 6.20 Å². The number of amides is 3. The fourth-order valence-electron chi connectivity index (χ4n) is 2.22. The zero-order chi connectivity index (χ0) is 17.8. The molecule has 2 N–H and O–H groups in total. The molecule has 2 heterocycles. The Morgan fingerprint density at radius 1 is 1.24 bits per heavy atom. The van der Waals surface area contributed by atoms with E-state index in [2.05, 4.69) is 46.8 Å². The summed E-state index contributed by atoms with van der Waals surface area (Å²) in [6.07, 6.45) is 4.58. The van der Waals surface area contributed by atoms with Crippen LogP contribution in [0.2, 0.25) is 0 Å². The summed E-state index contributed by atoms with van der Waals surface area (Å²) in [6.45, 7) is 2.12. The summed E-state index contributed by atoms with van der Waals surface area (Å²) >= 11 is 2.08. The van der Waals surface area contributed by atoms with Gasteiger partial charge in [0.15, 0.2) is 5.13 Å². The monoisotopic (exact) mass is 373 g/mol. The van der Waals surface area contributed by atoms with Crippen molar-refractivity contribution in [1.82, 2.24) is 10.3 Å². The third-order valence-electron chi connectivity index (χ3n) is 3.50. The van der Waals surface area contributed by atoms with Crippen molar-refractivity contribution in [3.8, 4) is 0 Å². The molecule has 0 saturated carbocycles. The number of hydrogen-bond acceptors (Lipinski definition) is 6. The highest BCUT2D eigenvalue weighted by Gasteiger charge is 2.26. The van der Waals surface area contributed by atoms with Crippen LogP contribution in [-0.2, 0) is 22.4 Å². The maximum Gasteiger partial charge on any atom is 0.290 e. The van der Waals surface area contributed by atoms with Crippen LogP contribution in [0.15, 0.2) is 41.4 Å². The second-order valence-corrected chi connectivity index (χ2v) is 7.45. The summed E-state index contributed by atoms with van der Waals surface area (Å²) in [5.74, 6) is -1.04. The van der Waals surface area contributed by atoms with Crippen molar-refractivity contribution in [2.24, 2.45) is 0 Å². The number of rotatable bonds is 5. The molecule has 3 rings (SSSR count). The number of carbonyl (C=O) groups is 3. The van der Waals surface area contributed by atoms with E-state index in [1.165, 1.54) is 22.5 Å². The van der Waals surface area contributed by atoms with Gasteiger partial charge < -0.3 is 0 Å². The predicted molar refractivity (Wildman–Crippen MR) is 98.6 cm³/mol. The third-order valence-corrected chi connectivity index (χ3v) is 5.22. The highest BCUT2D eigenvalue weighted by atomic mass is 32.2. The van der Waals surface area contributed by atoms with Gasteiger partial charge in [0, 0.05) is 23.6 Å². The molecule has 2 aromatic rings. The van der Waals surface area contributed by atoms with E-state index in [4.69, 9.17) is 0 Å². The molecule has 1 aliphatic rings. The van der Waals surface area contributed by atoms with Gasteiger partial charge in [-0.05, 0) is 29.3 Å². The highest BCUT2D eigenvalue weighted by molar-refractivity contribution is 8.18. The Morgan fingerprint density at radius 2 is 1.96 bits per heavy atom. The second-order valence-electron chi connectivity index (χ2n) is 5.32. The largest absolute Gasteiger partial charge is 0.298 e. The van der Waals surface area contributed by atoms with Crippen molar-refractivity contribution in [1.29, 1.82) is 0 Å². The van der Waals surface area contributed by atoms with Gasteiger partial charge in [0.2, 0.25) is 0 Å². The quantitative estimate of drug-likeness (QED) is 0.786. The van der Waals surface area contributed by atoms with Crippen LogP contribution < -0.4 is 10.6 Å². The van der Waals surface area contributed by atoms with Crippen molar-refractivity contribution in [2.75, 3.05) is 5.32 Å². The molecule has 0 radical (unpaired) electrons.